The molecule has 0 bridgehead atoms. The lowest BCUT2D eigenvalue weighted by atomic mass is 9.99. The van der Waals surface area contributed by atoms with Gasteiger partial charge in [-0.3, -0.25) is 4.90 Å². The van der Waals surface area contributed by atoms with Crippen molar-refractivity contribution >= 4 is 23.7 Å². The monoisotopic (exact) mass is 397 g/mol. The van der Waals surface area contributed by atoms with Gasteiger partial charge in [0.2, 0.25) is 11.7 Å². The predicted molar refractivity (Wildman–Crippen MR) is 107 cm³/mol. The molecule has 0 aliphatic carbocycles. The minimum atomic E-state index is 0. The van der Waals surface area contributed by atoms with Crippen molar-refractivity contribution in [2.75, 3.05) is 45.8 Å². The number of hydrogen-bond acceptors (Lipinski definition) is 7. The highest BCUT2D eigenvalue weighted by atomic mass is 35.5. The van der Waals surface area contributed by atoms with E-state index >= 15 is 0 Å². The first-order valence-corrected chi connectivity index (χ1v) is 10.2. The summed E-state index contributed by atoms with van der Waals surface area (Å²) in [6.07, 6.45) is 2.70. The second kappa shape index (κ2) is 9.28. The summed E-state index contributed by atoms with van der Waals surface area (Å²) >= 11 is 1.64. The van der Waals surface area contributed by atoms with Crippen LogP contribution in [0.3, 0.4) is 0 Å². The quantitative estimate of drug-likeness (QED) is 0.837. The van der Waals surface area contributed by atoms with E-state index < -0.39 is 0 Å². The molecule has 2 fully saturated rings. The van der Waals surface area contributed by atoms with E-state index in [1.807, 2.05) is 17.5 Å². The highest BCUT2D eigenvalue weighted by Gasteiger charge is 2.27. The maximum atomic E-state index is 5.53. The van der Waals surface area contributed by atoms with E-state index in [2.05, 4.69) is 32.2 Å². The van der Waals surface area contributed by atoms with Crippen LogP contribution in [0.2, 0.25) is 0 Å². The molecule has 0 spiro atoms. The summed E-state index contributed by atoms with van der Waals surface area (Å²) in [5.41, 5.74) is 0. The van der Waals surface area contributed by atoms with Gasteiger partial charge in [0.1, 0.15) is 0 Å². The normalized spacial score (nSPS) is 23.5. The Morgan fingerprint density at radius 1 is 1.35 bits per heavy atom. The zero-order chi connectivity index (χ0) is 17.1. The SMILES string of the molecule is CC(c1nc(-c2cccs2)no1)N1CCN(CC2CCCNC2)CC1.Cl. The van der Waals surface area contributed by atoms with Crippen LogP contribution in [0.1, 0.15) is 31.7 Å². The standard InChI is InChI=1S/C18H27N5OS.ClH/c1-14(18-20-17(21-24-18)16-5-3-11-25-16)23-9-7-22(8-10-23)13-15-4-2-6-19-12-15;/h3,5,11,14-15,19H,2,4,6-10,12-13H2,1H3;1H. The number of halogens is 1. The largest absolute Gasteiger partial charge is 0.337 e. The maximum Gasteiger partial charge on any atom is 0.244 e. The van der Waals surface area contributed by atoms with Gasteiger partial charge in [0.05, 0.1) is 10.9 Å². The number of thiophene rings is 1. The minimum Gasteiger partial charge on any atom is -0.337 e. The summed E-state index contributed by atoms with van der Waals surface area (Å²) in [6, 6.07) is 4.23. The fourth-order valence-electron chi connectivity index (χ4n) is 3.85. The third-order valence-corrected chi connectivity index (χ3v) is 6.28. The minimum absolute atomic E-state index is 0. The summed E-state index contributed by atoms with van der Waals surface area (Å²) in [5.74, 6) is 2.26. The van der Waals surface area contributed by atoms with Crippen LogP contribution in [0, 0.1) is 5.92 Å². The first kappa shape index (κ1) is 19.8. The van der Waals surface area contributed by atoms with Gasteiger partial charge in [-0.15, -0.1) is 23.7 Å². The Hall–Kier alpha value is -0.990. The molecule has 2 aromatic heterocycles. The lowest BCUT2D eigenvalue weighted by Gasteiger charge is -2.38. The molecule has 4 heterocycles. The lowest BCUT2D eigenvalue weighted by Crippen LogP contribution is -2.49. The van der Waals surface area contributed by atoms with Gasteiger partial charge in [0, 0.05) is 32.7 Å². The first-order chi connectivity index (χ1) is 12.3. The lowest BCUT2D eigenvalue weighted by molar-refractivity contribution is 0.0764. The molecule has 0 aromatic carbocycles. The zero-order valence-electron chi connectivity index (χ0n) is 15.3. The Bertz CT molecular complexity index is 650. The van der Waals surface area contributed by atoms with Gasteiger partial charge in [-0.1, -0.05) is 11.2 Å². The van der Waals surface area contributed by atoms with Crippen molar-refractivity contribution in [1.82, 2.24) is 25.3 Å². The fourth-order valence-corrected chi connectivity index (χ4v) is 4.49. The van der Waals surface area contributed by atoms with Crippen LogP contribution in [-0.4, -0.2) is 65.8 Å². The molecular formula is C18H28ClN5OS. The second-order valence-electron chi connectivity index (χ2n) is 7.16. The van der Waals surface area contributed by atoms with E-state index in [0.717, 1.165) is 42.9 Å². The predicted octanol–water partition coefficient (Wildman–Crippen LogP) is 2.90. The number of aromatic nitrogens is 2. The van der Waals surface area contributed by atoms with Gasteiger partial charge >= 0.3 is 0 Å². The Kier molecular flexibility index (Phi) is 7.05. The molecule has 1 N–H and O–H groups in total. The molecule has 8 heteroatoms. The molecule has 26 heavy (non-hydrogen) atoms. The third-order valence-electron chi connectivity index (χ3n) is 5.41. The van der Waals surface area contributed by atoms with Crippen LogP contribution >= 0.6 is 23.7 Å². The number of rotatable bonds is 5. The molecule has 0 radical (unpaired) electrons. The molecule has 2 saturated heterocycles. The maximum absolute atomic E-state index is 5.53. The number of nitrogens with zero attached hydrogens (tertiary/aromatic N) is 4. The summed E-state index contributed by atoms with van der Waals surface area (Å²) in [7, 11) is 0. The Morgan fingerprint density at radius 2 is 2.19 bits per heavy atom. The second-order valence-corrected chi connectivity index (χ2v) is 8.11. The van der Waals surface area contributed by atoms with Crippen LogP contribution in [0.5, 0.6) is 0 Å². The van der Waals surface area contributed by atoms with E-state index in [1.54, 1.807) is 11.3 Å². The topological polar surface area (TPSA) is 57.4 Å². The average Bonchev–Trinajstić information content (AvgIpc) is 3.34. The van der Waals surface area contributed by atoms with Gasteiger partial charge in [-0.05, 0) is 50.2 Å². The van der Waals surface area contributed by atoms with Gasteiger partial charge in [0.15, 0.2) is 0 Å². The smallest absolute Gasteiger partial charge is 0.244 e. The number of hydrogen-bond donors (Lipinski definition) is 1. The van der Waals surface area contributed by atoms with Crippen molar-refractivity contribution in [3.8, 4) is 10.7 Å². The highest BCUT2D eigenvalue weighted by molar-refractivity contribution is 7.13. The summed E-state index contributed by atoms with van der Waals surface area (Å²) in [4.78, 5) is 10.7. The van der Waals surface area contributed by atoms with Crippen LogP contribution in [-0.2, 0) is 0 Å². The van der Waals surface area contributed by atoms with Crippen molar-refractivity contribution < 1.29 is 4.52 Å². The molecule has 2 aliphatic rings. The molecule has 2 unspecified atom stereocenters. The molecule has 0 saturated carbocycles. The van der Waals surface area contributed by atoms with Gasteiger partial charge in [-0.25, -0.2) is 0 Å². The van der Waals surface area contributed by atoms with E-state index in [0.29, 0.717) is 5.82 Å². The zero-order valence-corrected chi connectivity index (χ0v) is 16.9. The first-order valence-electron chi connectivity index (χ1n) is 9.34. The molecule has 2 aromatic rings. The summed E-state index contributed by atoms with van der Waals surface area (Å²) in [5, 5.41) is 9.71. The Balaban J connectivity index is 0.00000196. The van der Waals surface area contributed by atoms with Crippen molar-refractivity contribution in [3.05, 3.63) is 23.4 Å². The van der Waals surface area contributed by atoms with Gasteiger partial charge in [0.25, 0.3) is 0 Å². The third kappa shape index (κ3) is 4.64. The van der Waals surface area contributed by atoms with E-state index in [1.165, 1.54) is 32.5 Å². The molecule has 144 valence electrons. The molecule has 4 rings (SSSR count). The van der Waals surface area contributed by atoms with Crippen molar-refractivity contribution in [2.24, 2.45) is 5.92 Å². The van der Waals surface area contributed by atoms with Gasteiger partial charge < -0.3 is 14.7 Å². The number of piperidine rings is 1. The average molecular weight is 398 g/mol. The Labute approximate surface area is 165 Å². The molecule has 2 aliphatic heterocycles. The van der Waals surface area contributed by atoms with Crippen LogP contribution < -0.4 is 5.32 Å². The van der Waals surface area contributed by atoms with Gasteiger partial charge in [-0.2, -0.15) is 4.98 Å². The molecule has 0 amide bonds. The van der Waals surface area contributed by atoms with Crippen LogP contribution in [0.15, 0.2) is 22.0 Å². The van der Waals surface area contributed by atoms with Crippen LogP contribution in [0.4, 0.5) is 0 Å². The van der Waals surface area contributed by atoms with E-state index in [9.17, 15) is 0 Å². The van der Waals surface area contributed by atoms with E-state index in [4.69, 9.17) is 4.52 Å². The number of nitrogens with one attached hydrogen (secondary N) is 1. The van der Waals surface area contributed by atoms with Crippen molar-refractivity contribution in [2.45, 2.75) is 25.8 Å². The summed E-state index contributed by atoms with van der Waals surface area (Å²) in [6.45, 7) is 10.2. The van der Waals surface area contributed by atoms with E-state index in [-0.39, 0.29) is 18.4 Å². The molecular weight excluding hydrogens is 370 g/mol. The fraction of sp³-hybridized carbons (Fsp3) is 0.667. The van der Waals surface area contributed by atoms with Crippen molar-refractivity contribution in [1.29, 1.82) is 0 Å². The van der Waals surface area contributed by atoms with Crippen molar-refractivity contribution in [3.63, 3.8) is 0 Å². The molecule has 2 atom stereocenters. The summed E-state index contributed by atoms with van der Waals surface area (Å²) < 4.78 is 5.53. The molecule has 6 nitrogen and oxygen atoms in total. The van der Waals surface area contributed by atoms with Crippen LogP contribution in [0.25, 0.3) is 10.7 Å². The highest BCUT2D eigenvalue weighted by Crippen LogP contribution is 2.26. The number of piperazine rings is 1. The Morgan fingerprint density at radius 3 is 2.88 bits per heavy atom.